The topological polar surface area (TPSA) is 9.23 Å². The Morgan fingerprint density at radius 2 is 0.508 bits per heavy atom. The standard InChI is InChI=1S/C58H54O/c1-43(53-35-33-51(37-45-21-9-3-10-22-45)55(39-47-25-13-5-14-26-47)57(53)41-49-29-17-7-18-30-49)59-44(2)54-36-34-52(38-46-23-11-4-12-24-46)56(40-48-27-15-6-16-28-48)58(54)42-50-31-19-8-20-32-50/h3-36,43-44H,37-42H2,1-2H3. The summed E-state index contributed by atoms with van der Waals surface area (Å²) in [6.07, 6.45) is 4.92. The normalized spacial score (nSPS) is 12.2. The maximum absolute atomic E-state index is 7.31. The van der Waals surface area contributed by atoms with Crippen LogP contribution in [0.15, 0.2) is 206 Å². The Morgan fingerprint density at radius 3 is 0.780 bits per heavy atom. The third-order valence-corrected chi connectivity index (χ3v) is 11.8. The minimum Gasteiger partial charge on any atom is -0.366 e. The molecular formula is C58H54O. The maximum Gasteiger partial charge on any atom is 0.0807 e. The fourth-order valence-electron chi connectivity index (χ4n) is 8.75. The lowest BCUT2D eigenvalue weighted by molar-refractivity contribution is 0.00497. The fourth-order valence-corrected chi connectivity index (χ4v) is 8.75. The second kappa shape index (κ2) is 19.4. The molecule has 0 radical (unpaired) electrons. The molecule has 0 aliphatic rings. The van der Waals surface area contributed by atoms with Gasteiger partial charge in [-0.1, -0.05) is 206 Å². The van der Waals surface area contributed by atoms with Gasteiger partial charge in [0.15, 0.2) is 0 Å². The molecule has 292 valence electrons. The molecule has 8 aromatic rings. The van der Waals surface area contributed by atoms with E-state index in [1.54, 1.807) is 0 Å². The van der Waals surface area contributed by atoms with E-state index in [0.29, 0.717) is 0 Å². The molecule has 2 unspecified atom stereocenters. The summed E-state index contributed by atoms with van der Waals surface area (Å²) in [4.78, 5) is 0. The zero-order valence-corrected chi connectivity index (χ0v) is 34.4. The molecule has 0 spiro atoms. The van der Waals surface area contributed by atoms with Crippen molar-refractivity contribution in [3.8, 4) is 0 Å². The summed E-state index contributed by atoms with van der Waals surface area (Å²) in [7, 11) is 0. The van der Waals surface area contributed by atoms with Gasteiger partial charge in [-0.05, 0) is 130 Å². The maximum atomic E-state index is 7.31. The van der Waals surface area contributed by atoms with E-state index in [2.05, 4.69) is 220 Å². The summed E-state index contributed by atoms with van der Waals surface area (Å²) >= 11 is 0. The van der Waals surface area contributed by atoms with E-state index < -0.39 is 0 Å². The smallest absolute Gasteiger partial charge is 0.0807 e. The first kappa shape index (κ1) is 39.5. The third kappa shape index (κ3) is 10.2. The summed E-state index contributed by atoms with van der Waals surface area (Å²) in [6.45, 7) is 4.52. The molecule has 0 N–H and O–H groups in total. The van der Waals surface area contributed by atoms with Gasteiger partial charge in [-0.15, -0.1) is 0 Å². The first-order valence-electron chi connectivity index (χ1n) is 21.2. The lowest BCUT2D eigenvalue weighted by Gasteiger charge is -2.28. The van der Waals surface area contributed by atoms with Gasteiger partial charge in [-0.2, -0.15) is 0 Å². The summed E-state index contributed by atoms with van der Waals surface area (Å²) in [5.74, 6) is 0. The zero-order chi connectivity index (χ0) is 40.2. The van der Waals surface area contributed by atoms with Crippen LogP contribution in [0, 0.1) is 0 Å². The minimum absolute atomic E-state index is 0.143. The van der Waals surface area contributed by atoms with Crippen LogP contribution in [0.2, 0.25) is 0 Å². The highest BCUT2D eigenvalue weighted by Crippen LogP contribution is 2.37. The van der Waals surface area contributed by atoms with E-state index in [-0.39, 0.29) is 12.2 Å². The fraction of sp³-hybridized carbons (Fsp3) is 0.172. The number of rotatable bonds is 16. The van der Waals surface area contributed by atoms with Gasteiger partial charge in [0.2, 0.25) is 0 Å². The van der Waals surface area contributed by atoms with Crippen molar-refractivity contribution in [1.82, 2.24) is 0 Å². The highest BCUT2D eigenvalue weighted by Gasteiger charge is 2.24. The Morgan fingerprint density at radius 1 is 0.271 bits per heavy atom. The molecule has 8 rings (SSSR count). The van der Waals surface area contributed by atoms with Crippen LogP contribution >= 0.6 is 0 Å². The Hall–Kier alpha value is -6.28. The summed E-state index contributed by atoms with van der Waals surface area (Å²) in [5.41, 5.74) is 18.8. The van der Waals surface area contributed by atoms with Gasteiger partial charge in [-0.3, -0.25) is 0 Å². The van der Waals surface area contributed by atoms with Crippen molar-refractivity contribution in [1.29, 1.82) is 0 Å². The first-order valence-corrected chi connectivity index (χ1v) is 21.2. The Kier molecular flexibility index (Phi) is 13.0. The van der Waals surface area contributed by atoms with Crippen LogP contribution in [-0.2, 0) is 43.3 Å². The van der Waals surface area contributed by atoms with Gasteiger partial charge in [0.05, 0.1) is 12.2 Å². The molecule has 0 aromatic heterocycles. The van der Waals surface area contributed by atoms with Crippen molar-refractivity contribution in [2.45, 2.75) is 64.6 Å². The molecule has 0 heterocycles. The number of benzene rings is 8. The second-order valence-electron chi connectivity index (χ2n) is 15.9. The molecule has 0 aliphatic carbocycles. The molecule has 1 nitrogen and oxygen atoms in total. The molecule has 1 heteroatoms. The van der Waals surface area contributed by atoms with Crippen LogP contribution in [-0.4, -0.2) is 0 Å². The quantitative estimate of drug-likeness (QED) is 0.0952. The molecule has 0 saturated carbocycles. The van der Waals surface area contributed by atoms with Crippen LogP contribution in [0.3, 0.4) is 0 Å². The highest BCUT2D eigenvalue weighted by atomic mass is 16.5. The molecule has 0 fully saturated rings. The van der Waals surface area contributed by atoms with Crippen LogP contribution in [0.1, 0.15) is 104 Å². The van der Waals surface area contributed by atoms with Crippen molar-refractivity contribution in [2.24, 2.45) is 0 Å². The van der Waals surface area contributed by atoms with Crippen molar-refractivity contribution < 1.29 is 4.74 Å². The van der Waals surface area contributed by atoms with Crippen molar-refractivity contribution in [3.63, 3.8) is 0 Å². The lowest BCUT2D eigenvalue weighted by Crippen LogP contribution is -2.14. The number of ether oxygens (including phenoxy) is 1. The second-order valence-corrected chi connectivity index (χ2v) is 15.9. The SMILES string of the molecule is CC(OC(C)c1ccc(Cc2ccccc2)c(Cc2ccccc2)c1Cc1ccccc1)c1ccc(Cc2ccccc2)c(Cc2ccccc2)c1Cc1ccccc1. The molecule has 59 heavy (non-hydrogen) atoms. The van der Waals surface area contributed by atoms with E-state index in [4.69, 9.17) is 4.74 Å². The van der Waals surface area contributed by atoms with Crippen LogP contribution in [0.4, 0.5) is 0 Å². The van der Waals surface area contributed by atoms with E-state index in [9.17, 15) is 0 Å². The molecule has 0 saturated heterocycles. The van der Waals surface area contributed by atoms with Gasteiger partial charge < -0.3 is 4.74 Å². The predicted molar refractivity (Wildman–Crippen MR) is 246 cm³/mol. The average molecular weight is 767 g/mol. The van der Waals surface area contributed by atoms with E-state index in [0.717, 1.165) is 38.5 Å². The van der Waals surface area contributed by atoms with E-state index in [1.165, 1.54) is 77.9 Å². The van der Waals surface area contributed by atoms with E-state index >= 15 is 0 Å². The van der Waals surface area contributed by atoms with Crippen molar-refractivity contribution in [3.05, 3.63) is 284 Å². The third-order valence-electron chi connectivity index (χ3n) is 11.8. The molecule has 2 atom stereocenters. The first-order chi connectivity index (χ1) is 29.1. The Bertz CT molecular complexity index is 2330. The van der Waals surface area contributed by atoms with Crippen LogP contribution < -0.4 is 0 Å². The monoisotopic (exact) mass is 766 g/mol. The van der Waals surface area contributed by atoms with Crippen LogP contribution in [0.5, 0.6) is 0 Å². The summed E-state index contributed by atoms with van der Waals surface area (Å²) in [5, 5.41) is 0. The number of hydrogen-bond donors (Lipinski definition) is 0. The summed E-state index contributed by atoms with van der Waals surface area (Å²) in [6, 6.07) is 75.0. The van der Waals surface area contributed by atoms with Gasteiger partial charge in [-0.25, -0.2) is 0 Å². The van der Waals surface area contributed by atoms with Gasteiger partial charge >= 0.3 is 0 Å². The highest BCUT2D eigenvalue weighted by molar-refractivity contribution is 5.51. The van der Waals surface area contributed by atoms with Gasteiger partial charge in [0.1, 0.15) is 0 Å². The van der Waals surface area contributed by atoms with Crippen molar-refractivity contribution in [2.75, 3.05) is 0 Å². The minimum atomic E-state index is -0.143. The largest absolute Gasteiger partial charge is 0.366 e. The molecule has 0 aliphatic heterocycles. The van der Waals surface area contributed by atoms with Gasteiger partial charge in [0, 0.05) is 0 Å². The lowest BCUT2D eigenvalue weighted by atomic mass is 9.84. The average Bonchev–Trinajstić information content (AvgIpc) is 3.28. The Labute approximate surface area is 352 Å². The zero-order valence-electron chi connectivity index (χ0n) is 34.4. The molecule has 8 aromatic carbocycles. The molecule has 0 amide bonds. The van der Waals surface area contributed by atoms with Crippen LogP contribution in [0.25, 0.3) is 0 Å². The number of hydrogen-bond acceptors (Lipinski definition) is 1. The summed E-state index contributed by atoms with van der Waals surface area (Å²) < 4.78 is 7.31. The van der Waals surface area contributed by atoms with E-state index in [1.807, 2.05) is 0 Å². The molecule has 0 bridgehead atoms. The molecular weight excluding hydrogens is 713 g/mol. The van der Waals surface area contributed by atoms with Gasteiger partial charge in [0.25, 0.3) is 0 Å². The predicted octanol–water partition coefficient (Wildman–Crippen LogP) is 14.1. The van der Waals surface area contributed by atoms with Crippen molar-refractivity contribution >= 4 is 0 Å². The Balaban J connectivity index is 1.21.